The van der Waals surface area contributed by atoms with Crippen molar-refractivity contribution in [2.75, 3.05) is 19.5 Å². The number of hydrogen-bond acceptors (Lipinski definition) is 8. The van der Waals surface area contributed by atoms with Crippen molar-refractivity contribution in [2.45, 2.75) is 18.4 Å². The van der Waals surface area contributed by atoms with E-state index < -0.39 is 33.9 Å². The average Bonchev–Trinajstić information content (AvgIpc) is 3.14. The van der Waals surface area contributed by atoms with Crippen LogP contribution in [-0.2, 0) is 21.1 Å². The Balaban J connectivity index is 2.01. The molecule has 0 fully saturated rings. The Morgan fingerprint density at radius 1 is 1.33 bits per heavy atom. The minimum Gasteiger partial charge on any atom is -0.465 e. The maximum Gasteiger partial charge on any atom is 0.420 e. The molecule has 1 aromatic carbocycles. The lowest BCUT2D eigenvalue weighted by molar-refractivity contribution is 0.0606. The van der Waals surface area contributed by atoms with E-state index in [1.807, 2.05) is 6.92 Å². The van der Waals surface area contributed by atoms with E-state index in [9.17, 15) is 18.0 Å². The number of carbonyl (C=O) groups is 1. The second-order valence-corrected chi connectivity index (χ2v) is 9.18. The quantitative estimate of drug-likeness (QED) is 0.612. The largest absolute Gasteiger partial charge is 0.465 e. The molecule has 0 aliphatic heterocycles. The zero-order valence-electron chi connectivity index (χ0n) is 14.6. The summed E-state index contributed by atoms with van der Waals surface area (Å²) in [6.45, 7) is 1.51. The normalized spacial score (nSPS) is 11.8. The second-order valence-electron chi connectivity index (χ2n) is 5.81. The van der Waals surface area contributed by atoms with Gasteiger partial charge in [-0.2, -0.15) is 0 Å². The number of rotatable bonds is 6. The molecule has 0 saturated carbocycles. The number of oxazole rings is 1. The molecule has 0 bridgehead atoms. The molecule has 0 aliphatic rings. The molecule has 10 heteroatoms. The highest BCUT2D eigenvalue weighted by atomic mass is 32.2. The molecule has 0 radical (unpaired) electrons. The van der Waals surface area contributed by atoms with Crippen molar-refractivity contribution >= 4 is 38.2 Å². The first-order valence-electron chi connectivity index (χ1n) is 7.91. The van der Waals surface area contributed by atoms with E-state index in [2.05, 4.69) is 0 Å². The maximum absolute atomic E-state index is 12.3. The number of fused-ring (bicyclic) bond motifs is 1. The van der Waals surface area contributed by atoms with Crippen LogP contribution in [0.3, 0.4) is 0 Å². The Morgan fingerprint density at radius 2 is 2.07 bits per heavy atom. The number of aliphatic hydroxyl groups is 1. The molecule has 8 nitrogen and oxygen atoms in total. The second kappa shape index (κ2) is 7.29. The van der Waals surface area contributed by atoms with Gasteiger partial charge in [0.15, 0.2) is 15.4 Å². The first-order valence-corrected chi connectivity index (χ1v) is 10.4. The number of nitrogens with zero attached hydrogens (tertiary/aromatic N) is 1. The van der Waals surface area contributed by atoms with E-state index in [0.717, 1.165) is 10.4 Å². The van der Waals surface area contributed by atoms with Crippen molar-refractivity contribution in [1.29, 1.82) is 0 Å². The van der Waals surface area contributed by atoms with Gasteiger partial charge in [0.2, 0.25) is 0 Å². The number of aromatic nitrogens is 1. The zero-order valence-corrected chi connectivity index (χ0v) is 16.2. The highest BCUT2D eigenvalue weighted by Gasteiger charge is 2.19. The summed E-state index contributed by atoms with van der Waals surface area (Å²) >= 11 is 1.27. The maximum atomic E-state index is 12.3. The SMILES string of the molecule is COC(=O)c1cc(Cn2c(=O)oc3cc(S(=O)(=O)CCO)ccc32)c(C)s1. The summed E-state index contributed by atoms with van der Waals surface area (Å²) in [5, 5.41) is 8.89. The number of sulfone groups is 1. The van der Waals surface area contributed by atoms with Gasteiger partial charge in [-0.1, -0.05) is 0 Å². The van der Waals surface area contributed by atoms with Crippen LogP contribution in [0.1, 0.15) is 20.1 Å². The summed E-state index contributed by atoms with van der Waals surface area (Å²) in [5.41, 5.74) is 1.34. The molecular weight excluding hydrogens is 394 g/mol. The lowest BCUT2D eigenvalue weighted by Gasteiger charge is -2.04. The van der Waals surface area contributed by atoms with Gasteiger partial charge in [-0.15, -0.1) is 11.3 Å². The van der Waals surface area contributed by atoms with Gasteiger partial charge in [0.25, 0.3) is 0 Å². The van der Waals surface area contributed by atoms with E-state index in [0.29, 0.717) is 10.4 Å². The monoisotopic (exact) mass is 411 g/mol. The van der Waals surface area contributed by atoms with Crippen LogP contribution in [0, 0.1) is 6.92 Å². The third kappa shape index (κ3) is 3.68. The number of ether oxygens (including phenoxy) is 1. The van der Waals surface area contributed by atoms with Gasteiger partial charge in [0.05, 0.1) is 36.4 Å². The van der Waals surface area contributed by atoms with E-state index in [1.165, 1.54) is 41.2 Å². The van der Waals surface area contributed by atoms with Crippen LogP contribution in [0.25, 0.3) is 11.1 Å². The van der Waals surface area contributed by atoms with Gasteiger partial charge in [-0.3, -0.25) is 4.57 Å². The van der Waals surface area contributed by atoms with Gasteiger partial charge in [-0.25, -0.2) is 18.0 Å². The lowest BCUT2D eigenvalue weighted by Crippen LogP contribution is -2.15. The molecule has 3 aromatic rings. The Labute approximate surface area is 158 Å². The van der Waals surface area contributed by atoms with Gasteiger partial charge >= 0.3 is 11.7 Å². The van der Waals surface area contributed by atoms with Gasteiger partial charge in [0.1, 0.15) is 4.88 Å². The van der Waals surface area contributed by atoms with Gasteiger partial charge in [0, 0.05) is 10.9 Å². The van der Waals surface area contributed by atoms with Crippen LogP contribution < -0.4 is 5.76 Å². The molecule has 0 aliphatic carbocycles. The molecule has 2 aromatic heterocycles. The fourth-order valence-corrected chi connectivity index (χ4v) is 4.67. The number of thiophene rings is 1. The number of methoxy groups -OCH3 is 1. The van der Waals surface area contributed by atoms with Crippen molar-refractivity contribution in [1.82, 2.24) is 4.57 Å². The molecular formula is C17H17NO7S2. The summed E-state index contributed by atoms with van der Waals surface area (Å²) in [6, 6.07) is 5.81. The highest BCUT2D eigenvalue weighted by Crippen LogP contribution is 2.25. The number of benzene rings is 1. The smallest absolute Gasteiger partial charge is 0.420 e. The van der Waals surface area contributed by atoms with Crippen LogP contribution in [-0.4, -0.2) is 43.5 Å². The van der Waals surface area contributed by atoms with Crippen molar-refractivity contribution in [3.63, 3.8) is 0 Å². The third-order valence-electron chi connectivity index (χ3n) is 4.09. The minimum absolute atomic E-state index is 0.0235. The van der Waals surface area contributed by atoms with Gasteiger partial charge in [-0.05, 0) is 30.7 Å². The Morgan fingerprint density at radius 3 is 2.74 bits per heavy atom. The third-order valence-corrected chi connectivity index (χ3v) is 6.86. The molecule has 0 spiro atoms. The van der Waals surface area contributed by atoms with Crippen LogP contribution >= 0.6 is 11.3 Å². The summed E-state index contributed by atoms with van der Waals surface area (Å²) in [5.74, 6) is -1.49. The van der Waals surface area contributed by atoms with Gasteiger partial charge < -0.3 is 14.3 Å². The van der Waals surface area contributed by atoms with Crippen LogP contribution in [0.2, 0.25) is 0 Å². The summed E-state index contributed by atoms with van der Waals surface area (Å²) in [6.07, 6.45) is 0. The van der Waals surface area contributed by atoms with Crippen molar-refractivity contribution in [2.24, 2.45) is 0 Å². The molecule has 0 amide bonds. The number of aliphatic hydroxyl groups excluding tert-OH is 1. The van der Waals surface area contributed by atoms with E-state index in [4.69, 9.17) is 14.3 Å². The van der Waals surface area contributed by atoms with Crippen LogP contribution in [0.15, 0.2) is 38.4 Å². The molecule has 1 N–H and O–H groups in total. The van der Waals surface area contributed by atoms with E-state index in [-0.39, 0.29) is 17.0 Å². The number of carbonyl (C=O) groups excluding carboxylic acids is 1. The predicted molar refractivity (Wildman–Crippen MR) is 99.1 cm³/mol. The van der Waals surface area contributed by atoms with Crippen molar-refractivity contribution in [3.05, 3.63) is 50.1 Å². The minimum atomic E-state index is -3.65. The molecule has 0 atom stereocenters. The van der Waals surface area contributed by atoms with Crippen LogP contribution in [0.5, 0.6) is 0 Å². The number of aryl methyl sites for hydroxylation is 1. The Bertz CT molecular complexity index is 1170. The fraction of sp³-hybridized carbons (Fsp3) is 0.294. The summed E-state index contributed by atoms with van der Waals surface area (Å²) < 4.78 is 35.4. The fourth-order valence-electron chi connectivity index (χ4n) is 2.68. The molecule has 2 heterocycles. The van der Waals surface area contributed by atoms with Crippen molar-refractivity contribution in [3.8, 4) is 0 Å². The van der Waals surface area contributed by atoms with E-state index in [1.54, 1.807) is 6.07 Å². The molecule has 3 rings (SSSR count). The molecule has 0 unspecified atom stereocenters. The zero-order chi connectivity index (χ0) is 19.8. The summed E-state index contributed by atoms with van der Waals surface area (Å²) in [7, 11) is -2.35. The Hall–Kier alpha value is -2.43. The topological polar surface area (TPSA) is 116 Å². The van der Waals surface area contributed by atoms with Crippen molar-refractivity contribution < 1.29 is 27.5 Å². The average molecular weight is 411 g/mol. The highest BCUT2D eigenvalue weighted by molar-refractivity contribution is 7.91. The first-order chi connectivity index (χ1) is 12.8. The number of hydrogen-bond donors (Lipinski definition) is 1. The molecule has 0 saturated heterocycles. The molecule has 27 heavy (non-hydrogen) atoms. The molecule has 144 valence electrons. The first kappa shape index (κ1) is 19.3. The number of esters is 1. The summed E-state index contributed by atoms with van der Waals surface area (Å²) in [4.78, 5) is 25.2. The standard InChI is InChI=1S/C17H17NO7S2/c1-10-11(7-15(26-10)16(20)24-2)9-18-13-4-3-12(27(22,23)6-5-19)8-14(13)25-17(18)21/h3-4,7-8,19H,5-6,9H2,1-2H3. The predicted octanol–water partition coefficient (Wildman–Crippen LogP) is 1.57. The van der Waals surface area contributed by atoms with Crippen LogP contribution in [0.4, 0.5) is 0 Å². The Kier molecular flexibility index (Phi) is 5.22. The van der Waals surface area contributed by atoms with E-state index >= 15 is 0 Å². The lowest BCUT2D eigenvalue weighted by atomic mass is 10.2.